The quantitative estimate of drug-likeness (QED) is 0.811. The van der Waals surface area contributed by atoms with Crippen LogP contribution in [0.15, 0.2) is 41.0 Å². The van der Waals surface area contributed by atoms with E-state index in [1.165, 1.54) is 24.4 Å². The van der Waals surface area contributed by atoms with Gasteiger partial charge in [-0.15, -0.1) is 0 Å². The number of carbonyl (C=O) groups excluding carboxylic acids is 1. The Morgan fingerprint density at radius 1 is 1.22 bits per heavy atom. The zero-order chi connectivity index (χ0) is 13.1. The van der Waals surface area contributed by atoms with Crippen LogP contribution in [0, 0.1) is 11.6 Å². The second kappa shape index (κ2) is 5.35. The summed E-state index contributed by atoms with van der Waals surface area (Å²) in [5.74, 6) is -1.75. The van der Waals surface area contributed by atoms with E-state index < -0.39 is 17.4 Å². The molecule has 0 unspecified atom stereocenters. The lowest BCUT2D eigenvalue weighted by Crippen LogP contribution is -2.09. The molecule has 5 heteroatoms. The van der Waals surface area contributed by atoms with Gasteiger partial charge in [-0.25, -0.2) is 8.78 Å². The molecule has 1 aromatic carbocycles. The summed E-state index contributed by atoms with van der Waals surface area (Å²) in [7, 11) is 0. The first-order valence-corrected chi connectivity index (χ1v) is 5.95. The standard InChI is InChI=1S/C13H8BrF2NO/c14-9-4-3-8(11(16)7-9)6-12(18)13-10(15)2-1-5-17-13/h1-5,7H,6H2. The first-order chi connectivity index (χ1) is 8.58. The number of halogens is 3. The molecule has 1 aromatic heterocycles. The summed E-state index contributed by atoms with van der Waals surface area (Å²) in [5, 5.41) is 0. The molecule has 0 fully saturated rings. The fraction of sp³-hybridized carbons (Fsp3) is 0.0769. The number of rotatable bonds is 3. The van der Waals surface area contributed by atoms with Gasteiger partial charge in [0.15, 0.2) is 11.6 Å². The number of ketones is 1. The van der Waals surface area contributed by atoms with Gasteiger partial charge in [-0.1, -0.05) is 22.0 Å². The topological polar surface area (TPSA) is 30.0 Å². The Hall–Kier alpha value is -1.62. The van der Waals surface area contributed by atoms with Gasteiger partial charge < -0.3 is 0 Å². The summed E-state index contributed by atoms with van der Waals surface area (Å²) in [6.07, 6.45) is 1.11. The predicted molar refractivity (Wildman–Crippen MR) is 66.3 cm³/mol. The molecule has 18 heavy (non-hydrogen) atoms. The number of hydrogen-bond donors (Lipinski definition) is 0. The fourth-order valence-electron chi connectivity index (χ4n) is 1.51. The zero-order valence-electron chi connectivity index (χ0n) is 9.16. The highest BCUT2D eigenvalue weighted by atomic mass is 79.9. The number of carbonyl (C=O) groups is 1. The molecular formula is C13H8BrF2NO. The number of Topliss-reactive ketones (excluding diaryl/α,β-unsaturated/α-hetero) is 1. The van der Waals surface area contributed by atoms with Gasteiger partial charge in [0.1, 0.15) is 11.5 Å². The minimum Gasteiger partial charge on any atom is -0.292 e. The van der Waals surface area contributed by atoms with Gasteiger partial charge in [-0.05, 0) is 29.8 Å². The first kappa shape index (κ1) is 12.8. The second-order valence-corrected chi connectivity index (χ2v) is 4.59. The number of benzene rings is 1. The van der Waals surface area contributed by atoms with Crippen molar-refractivity contribution in [2.75, 3.05) is 0 Å². The van der Waals surface area contributed by atoms with Crippen LogP contribution < -0.4 is 0 Å². The molecule has 0 spiro atoms. The molecule has 0 amide bonds. The van der Waals surface area contributed by atoms with Crippen LogP contribution >= 0.6 is 15.9 Å². The molecule has 0 radical (unpaired) electrons. The molecule has 2 rings (SSSR count). The molecule has 0 aliphatic carbocycles. The van der Waals surface area contributed by atoms with Crippen LogP contribution in [0.2, 0.25) is 0 Å². The second-order valence-electron chi connectivity index (χ2n) is 3.67. The number of aromatic nitrogens is 1. The van der Waals surface area contributed by atoms with E-state index in [0.717, 1.165) is 6.07 Å². The fourth-order valence-corrected chi connectivity index (χ4v) is 1.85. The number of hydrogen-bond acceptors (Lipinski definition) is 2. The van der Waals surface area contributed by atoms with Crippen molar-refractivity contribution in [2.24, 2.45) is 0 Å². The van der Waals surface area contributed by atoms with E-state index in [1.54, 1.807) is 6.07 Å². The number of pyridine rings is 1. The van der Waals surface area contributed by atoms with Crippen LogP contribution in [0.4, 0.5) is 8.78 Å². The zero-order valence-corrected chi connectivity index (χ0v) is 10.7. The molecule has 0 saturated carbocycles. The predicted octanol–water partition coefficient (Wildman–Crippen LogP) is 3.55. The van der Waals surface area contributed by atoms with E-state index in [1.807, 2.05) is 0 Å². The highest BCUT2D eigenvalue weighted by Crippen LogP contribution is 2.17. The van der Waals surface area contributed by atoms with Crippen molar-refractivity contribution in [3.05, 3.63) is 63.9 Å². The SMILES string of the molecule is O=C(Cc1ccc(Br)cc1F)c1ncccc1F. The third-order valence-electron chi connectivity index (χ3n) is 2.39. The van der Waals surface area contributed by atoms with Gasteiger partial charge in [0.2, 0.25) is 0 Å². The average Bonchev–Trinajstić information content (AvgIpc) is 2.33. The summed E-state index contributed by atoms with van der Waals surface area (Å²) in [6.45, 7) is 0. The van der Waals surface area contributed by atoms with Crippen molar-refractivity contribution in [1.82, 2.24) is 4.98 Å². The molecule has 2 aromatic rings. The summed E-state index contributed by atoms with van der Waals surface area (Å²) < 4.78 is 27.4. The van der Waals surface area contributed by atoms with E-state index in [4.69, 9.17) is 0 Å². The summed E-state index contributed by atoms with van der Waals surface area (Å²) in [5.41, 5.74) is -0.0481. The third kappa shape index (κ3) is 2.79. The lowest BCUT2D eigenvalue weighted by molar-refractivity contribution is 0.0983. The van der Waals surface area contributed by atoms with Crippen molar-refractivity contribution in [3.8, 4) is 0 Å². The lowest BCUT2D eigenvalue weighted by atomic mass is 10.1. The van der Waals surface area contributed by atoms with Crippen molar-refractivity contribution in [2.45, 2.75) is 6.42 Å². The van der Waals surface area contributed by atoms with E-state index in [9.17, 15) is 13.6 Å². The molecular weight excluding hydrogens is 304 g/mol. The Bertz CT molecular complexity index is 601. The maximum absolute atomic E-state index is 13.5. The average molecular weight is 312 g/mol. The molecule has 0 saturated heterocycles. The summed E-state index contributed by atoms with van der Waals surface area (Å²) >= 11 is 3.12. The molecule has 0 aliphatic heterocycles. The Morgan fingerprint density at radius 3 is 2.67 bits per heavy atom. The van der Waals surface area contributed by atoms with E-state index in [-0.39, 0.29) is 17.7 Å². The smallest absolute Gasteiger partial charge is 0.188 e. The van der Waals surface area contributed by atoms with Crippen molar-refractivity contribution in [1.29, 1.82) is 0 Å². The van der Waals surface area contributed by atoms with Gasteiger partial charge in [0.25, 0.3) is 0 Å². The Balaban J connectivity index is 2.24. The van der Waals surface area contributed by atoms with Crippen LogP contribution in [-0.2, 0) is 6.42 Å². The van der Waals surface area contributed by atoms with Crippen LogP contribution in [0.3, 0.4) is 0 Å². The van der Waals surface area contributed by atoms with Crippen LogP contribution in [0.1, 0.15) is 16.1 Å². The highest BCUT2D eigenvalue weighted by Gasteiger charge is 2.15. The van der Waals surface area contributed by atoms with Crippen LogP contribution in [-0.4, -0.2) is 10.8 Å². The maximum atomic E-state index is 13.5. The van der Waals surface area contributed by atoms with Crippen molar-refractivity contribution >= 4 is 21.7 Å². The van der Waals surface area contributed by atoms with Gasteiger partial charge in [0, 0.05) is 17.1 Å². The van der Waals surface area contributed by atoms with Gasteiger partial charge in [-0.2, -0.15) is 0 Å². The van der Waals surface area contributed by atoms with Crippen molar-refractivity contribution < 1.29 is 13.6 Å². The normalized spacial score (nSPS) is 10.4. The van der Waals surface area contributed by atoms with Crippen LogP contribution in [0.25, 0.3) is 0 Å². The Kier molecular flexibility index (Phi) is 3.81. The van der Waals surface area contributed by atoms with Gasteiger partial charge in [-0.3, -0.25) is 9.78 Å². The maximum Gasteiger partial charge on any atom is 0.188 e. The Labute approximate surface area is 111 Å². The molecule has 0 bridgehead atoms. The van der Waals surface area contributed by atoms with E-state index in [2.05, 4.69) is 20.9 Å². The highest BCUT2D eigenvalue weighted by molar-refractivity contribution is 9.10. The monoisotopic (exact) mass is 311 g/mol. The third-order valence-corrected chi connectivity index (χ3v) is 2.88. The largest absolute Gasteiger partial charge is 0.292 e. The van der Waals surface area contributed by atoms with E-state index >= 15 is 0 Å². The summed E-state index contributed by atoms with van der Waals surface area (Å²) in [6, 6.07) is 6.92. The molecule has 0 aliphatic rings. The molecule has 0 atom stereocenters. The molecule has 2 nitrogen and oxygen atoms in total. The van der Waals surface area contributed by atoms with Crippen LogP contribution in [0.5, 0.6) is 0 Å². The Morgan fingerprint density at radius 2 is 2.00 bits per heavy atom. The number of nitrogens with zero attached hydrogens (tertiary/aromatic N) is 1. The van der Waals surface area contributed by atoms with E-state index in [0.29, 0.717) is 4.47 Å². The van der Waals surface area contributed by atoms with Crippen molar-refractivity contribution in [3.63, 3.8) is 0 Å². The first-order valence-electron chi connectivity index (χ1n) is 5.15. The minimum absolute atomic E-state index is 0.215. The molecule has 92 valence electrons. The minimum atomic E-state index is -0.694. The lowest BCUT2D eigenvalue weighted by Gasteiger charge is -2.03. The summed E-state index contributed by atoms with van der Waals surface area (Å²) in [4.78, 5) is 15.5. The molecule has 0 N–H and O–H groups in total. The van der Waals surface area contributed by atoms with Gasteiger partial charge >= 0.3 is 0 Å². The molecule has 1 heterocycles. The van der Waals surface area contributed by atoms with Gasteiger partial charge in [0.05, 0.1) is 0 Å².